The number of halogens is 1. The number of unbranched alkanes of at least 4 members (excludes halogenated alkanes) is 12. The van der Waals surface area contributed by atoms with Gasteiger partial charge in [-0.1, -0.05) is 157 Å². The van der Waals surface area contributed by atoms with Gasteiger partial charge in [-0.15, -0.1) is 0 Å². The van der Waals surface area contributed by atoms with Crippen molar-refractivity contribution in [3.63, 3.8) is 0 Å². The first-order valence-corrected chi connectivity index (χ1v) is 22.2. The first-order chi connectivity index (χ1) is 29.2. The van der Waals surface area contributed by atoms with Crippen molar-refractivity contribution in [2.24, 2.45) is 0 Å². The predicted octanol–water partition coefficient (Wildman–Crippen LogP) is 10.3. The number of benzene rings is 3. The van der Waals surface area contributed by atoms with Crippen LogP contribution in [0.3, 0.4) is 0 Å². The second kappa shape index (κ2) is 21.8. The van der Waals surface area contributed by atoms with Crippen LogP contribution < -0.4 is 16.2 Å². The lowest BCUT2D eigenvalue weighted by Crippen LogP contribution is -2.45. The first-order valence-electron chi connectivity index (χ1n) is 21.8. The summed E-state index contributed by atoms with van der Waals surface area (Å²) in [6.45, 7) is 2.03. The molecule has 13 heteroatoms. The number of urea groups is 1. The Kier molecular flexibility index (Phi) is 16.0. The number of rotatable bonds is 22. The number of carbonyl (C=O) groups excluding carboxylic acids is 5. The molecule has 2 fully saturated rings. The second-order valence-electron chi connectivity index (χ2n) is 16.0. The topological polar surface area (TPSA) is 151 Å². The van der Waals surface area contributed by atoms with E-state index in [9.17, 15) is 28.8 Å². The van der Waals surface area contributed by atoms with Crippen LogP contribution in [0.5, 0.6) is 0 Å². The summed E-state index contributed by atoms with van der Waals surface area (Å²) in [5.74, 6) is -3.69. The van der Waals surface area contributed by atoms with Crippen LogP contribution in [0.25, 0.3) is 10.9 Å². The molecule has 2 heterocycles. The van der Waals surface area contributed by atoms with Gasteiger partial charge in [0.1, 0.15) is 11.3 Å². The summed E-state index contributed by atoms with van der Waals surface area (Å²) in [4.78, 5) is 90.7. The summed E-state index contributed by atoms with van der Waals surface area (Å²) in [7, 11) is 0. The minimum Gasteiger partial charge on any atom is -0.324 e. The van der Waals surface area contributed by atoms with Gasteiger partial charge in [-0.25, -0.2) is 14.7 Å². The third kappa shape index (κ3) is 10.9. The van der Waals surface area contributed by atoms with E-state index in [-0.39, 0.29) is 52.0 Å². The molecular formula is C47H57ClN6O6. The minimum atomic E-state index is -1.86. The van der Waals surface area contributed by atoms with Crippen LogP contribution in [0.4, 0.5) is 16.2 Å². The van der Waals surface area contributed by atoms with Gasteiger partial charge in [0, 0.05) is 12.5 Å². The van der Waals surface area contributed by atoms with E-state index < -0.39 is 41.4 Å². The SMILES string of the molecule is CCCCCCCCCCCCCCCC(=O)Nc1cccc2c(=O)n(C3CCCC3)c(C(C(=O)Nc3ccccc3Cl)N3C(=O)C(=O)N(Cc4ccccc4)C3=O)nc12. The molecule has 0 spiro atoms. The smallest absolute Gasteiger partial charge is 0.324 e. The molecule has 0 radical (unpaired) electrons. The van der Waals surface area contributed by atoms with Crippen LogP contribution in [-0.4, -0.2) is 49.0 Å². The van der Waals surface area contributed by atoms with E-state index in [4.69, 9.17) is 16.6 Å². The van der Waals surface area contributed by atoms with Crippen LogP contribution >= 0.6 is 11.6 Å². The van der Waals surface area contributed by atoms with Gasteiger partial charge in [0.15, 0.2) is 6.04 Å². The highest BCUT2D eigenvalue weighted by atomic mass is 35.5. The first kappa shape index (κ1) is 44.2. The van der Waals surface area contributed by atoms with Crippen LogP contribution in [0.15, 0.2) is 77.6 Å². The highest BCUT2D eigenvalue weighted by molar-refractivity contribution is 6.45. The Morgan fingerprint density at radius 1 is 0.717 bits per heavy atom. The number of hydrogen-bond acceptors (Lipinski definition) is 7. The highest BCUT2D eigenvalue weighted by Gasteiger charge is 2.52. The number of hydrogen-bond donors (Lipinski definition) is 2. The van der Waals surface area contributed by atoms with E-state index >= 15 is 0 Å². The van der Waals surface area contributed by atoms with Gasteiger partial charge >= 0.3 is 17.8 Å². The molecule has 1 aromatic heterocycles. The largest absolute Gasteiger partial charge is 0.335 e. The standard InChI is InChI=1S/C47H57ClN6O6/c1-2-3-4-5-6-7-8-9-10-11-12-13-17-31-39(55)49-38-30-22-27-35-40(38)51-42(53(44(35)57)34-25-18-19-26-34)41(43(56)50-37-29-21-20-28-36(37)48)54-46(59)45(58)52(47(54)60)32-33-23-15-14-16-24-33/h14-16,20-24,27-30,34,41H,2-13,17-19,25-26,31-32H2,1H3,(H,49,55)(H,50,56). The Morgan fingerprint density at radius 2 is 1.32 bits per heavy atom. The van der Waals surface area contributed by atoms with E-state index in [1.165, 1.54) is 62.4 Å². The number of amides is 6. The Labute approximate surface area is 357 Å². The number of anilines is 2. The maximum Gasteiger partial charge on any atom is 0.335 e. The number of para-hydroxylation sites is 2. The highest BCUT2D eigenvalue weighted by Crippen LogP contribution is 2.36. The average molecular weight is 837 g/mol. The van der Waals surface area contributed by atoms with E-state index in [0.717, 1.165) is 37.0 Å². The van der Waals surface area contributed by atoms with Crippen LogP contribution in [-0.2, 0) is 25.7 Å². The third-order valence-electron chi connectivity index (χ3n) is 11.6. The number of nitrogens with zero attached hydrogens (tertiary/aromatic N) is 4. The Balaban J connectivity index is 1.26. The van der Waals surface area contributed by atoms with Crippen molar-refractivity contribution in [3.05, 3.63) is 99.6 Å². The van der Waals surface area contributed by atoms with Crippen molar-refractivity contribution in [2.45, 2.75) is 141 Å². The van der Waals surface area contributed by atoms with Crippen molar-refractivity contribution in [3.8, 4) is 0 Å². The zero-order chi connectivity index (χ0) is 42.4. The van der Waals surface area contributed by atoms with Gasteiger partial charge in [-0.05, 0) is 49.1 Å². The van der Waals surface area contributed by atoms with Crippen molar-refractivity contribution in [2.75, 3.05) is 10.6 Å². The molecule has 0 bridgehead atoms. The molecule has 60 heavy (non-hydrogen) atoms. The van der Waals surface area contributed by atoms with E-state index in [1.807, 2.05) is 0 Å². The zero-order valence-corrected chi connectivity index (χ0v) is 35.4. The lowest BCUT2D eigenvalue weighted by Gasteiger charge is -2.29. The van der Waals surface area contributed by atoms with Crippen LogP contribution in [0, 0.1) is 0 Å². The zero-order valence-electron chi connectivity index (χ0n) is 34.6. The summed E-state index contributed by atoms with van der Waals surface area (Å²) in [5.41, 5.74) is 0.661. The van der Waals surface area contributed by atoms with Crippen LogP contribution in [0.1, 0.15) is 146 Å². The fourth-order valence-electron chi connectivity index (χ4n) is 8.33. The summed E-state index contributed by atoms with van der Waals surface area (Å²) in [5, 5.41) is 6.06. The van der Waals surface area contributed by atoms with Gasteiger partial charge < -0.3 is 10.6 Å². The summed E-state index contributed by atoms with van der Waals surface area (Å²) in [6, 6.07) is 16.8. The molecule has 1 aliphatic carbocycles. The fourth-order valence-corrected chi connectivity index (χ4v) is 8.52. The molecule has 1 aliphatic heterocycles. The molecule has 318 valence electrons. The van der Waals surface area contributed by atoms with Crippen molar-refractivity contribution >= 4 is 63.5 Å². The number of aromatic nitrogens is 2. The van der Waals surface area contributed by atoms with Crippen molar-refractivity contribution in [1.82, 2.24) is 19.4 Å². The molecule has 1 unspecified atom stereocenters. The average Bonchev–Trinajstić information content (AvgIpc) is 3.85. The lowest BCUT2D eigenvalue weighted by atomic mass is 10.0. The van der Waals surface area contributed by atoms with Gasteiger partial charge in [-0.3, -0.25) is 33.4 Å². The maximum absolute atomic E-state index is 14.7. The molecule has 1 atom stereocenters. The molecule has 2 N–H and O–H groups in total. The predicted molar refractivity (Wildman–Crippen MR) is 235 cm³/mol. The molecule has 12 nitrogen and oxygen atoms in total. The number of imide groups is 2. The van der Waals surface area contributed by atoms with Gasteiger partial charge in [0.25, 0.3) is 11.5 Å². The fraction of sp³-hybridized carbons (Fsp3) is 0.468. The Bertz CT molecular complexity index is 2200. The molecule has 1 saturated heterocycles. The van der Waals surface area contributed by atoms with Gasteiger partial charge in [0.2, 0.25) is 5.91 Å². The third-order valence-corrected chi connectivity index (χ3v) is 11.9. The molecule has 6 amide bonds. The molecule has 3 aromatic carbocycles. The molecule has 1 saturated carbocycles. The number of carbonyl (C=O) groups is 5. The quantitative estimate of drug-likeness (QED) is 0.0454. The Morgan fingerprint density at radius 3 is 1.97 bits per heavy atom. The lowest BCUT2D eigenvalue weighted by molar-refractivity contribution is -0.145. The minimum absolute atomic E-state index is 0.104. The second-order valence-corrected chi connectivity index (χ2v) is 16.4. The van der Waals surface area contributed by atoms with E-state index in [2.05, 4.69) is 17.6 Å². The summed E-state index contributed by atoms with van der Waals surface area (Å²) < 4.78 is 1.40. The summed E-state index contributed by atoms with van der Waals surface area (Å²) in [6.07, 6.45) is 18.6. The van der Waals surface area contributed by atoms with Crippen molar-refractivity contribution in [1.29, 1.82) is 0 Å². The van der Waals surface area contributed by atoms with Crippen molar-refractivity contribution < 1.29 is 24.0 Å². The van der Waals surface area contributed by atoms with Crippen LogP contribution in [0.2, 0.25) is 5.02 Å². The maximum atomic E-state index is 14.7. The Hall–Kier alpha value is -5.36. The number of fused-ring (bicyclic) bond motifs is 1. The normalized spacial score (nSPS) is 15.0. The van der Waals surface area contributed by atoms with E-state index in [1.54, 1.807) is 72.8 Å². The molecule has 4 aromatic rings. The van der Waals surface area contributed by atoms with E-state index in [0.29, 0.717) is 29.7 Å². The van der Waals surface area contributed by atoms with Gasteiger partial charge in [0.05, 0.1) is 28.3 Å². The number of nitrogens with one attached hydrogen (secondary N) is 2. The monoisotopic (exact) mass is 836 g/mol. The molecule has 2 aliphatic rings. The summed E-state index contributed by atoms with van der Waals surface area (Å²) >= 11 is 6.45. The molecular weight excluding hydrogens is 780 g/mol. The van der Waals surface area contributed by atoms with Gasteiger partial charge in [-0.2, -0.15) is 0 Å². The molecule has 6 rings (SSSR count).